The Labute approximate surface area is 120 Å². The average molecular weight is 285 g/mol. The van der Waals surface area contributed by atoms with Gasteiger partial charge in [-0.25, -0.2) is 0 Å². The van der Waals surface area contributed by atoms with Gasteiger partial charge < -0.3 is 9.53 Å². The van der Waals surface area contributed by atoms with Gasteiger partial charge in [-0.2, -0.15) is 0 Å². The van der Waals surface area contributed by atoms with Crippen molar-refractivity contribution in [2.45, 2.75) is 77.1 Å². The van der Waals surface area contributed by atoms with Crippen LogP contribution >= 0.6 is 0 Å². The van der Waals surface area contributed by atoms with Crippen molar-refractivity contribution in [3.8, 4) is 0 Å². The quantitative estimate of drug-likeness (QED) is 0.595. The molecule has 0 unspecified atom stereocenters. The summed E-state index contributed by atoms with van der Waals surface area (Å²) in [7, 11) is -1.65. The molecule has 0 bridgehead atoms. The van der Waals surface area contributed by atoms with Crippen LogP contribution in [0.25, 0.3) is 0 Å². The third kappa shape index (κ3) is 4.17. The molecule has 3 heteroatoms. The molecule has 0 heterocycles. The second-order valence-electron chi connectivity index (χ2n) is 7.73. The second kappa shape index (κ2) is 6.11. The Hall–Kier alpha value is -0.123. The van der Waals surface area contributed by atoms with Gasteiger partial charge >= 0.3 is 0 Å². The Morgan fingerprint density at radius 2 is 1.84 bits per heavy atom. The fourth-order valence-corrected chi connectivity index (χ4v) is 4.07. The lowest BCUT2D eigenvalue weighted by molar-refractivity contribution is 0.0306. The normalized spacial score (nSPS) is 29.3. The van der Waals surface area contributed by atoms with Crippen molar-refractivity contribution in [3.63, 3.8) is 0 Å². The molecule has 19 heavy (non-hydrogen) atoms. The Bertz CT molecular complexity index is 296. The van der Waals surface area contributed by atoms with Gasteiger partial charge in [-0.3, -0.25) is 0 Å². The van der Waals surface area contributed by atoms with Gasteiger partial charge in [0, 0.05) is 12.7 Å². The van der Waals surface area contributed by atoms with E-state index in [-0.39, 0.29) is 17.1 Å². The predicted molar refractivity (Wildman–Crippen MR) is 84.9 cm³/mol. The van der Waals surface area contributed by atoms with E-state index in [1.54, 1.807) is 0 Å². The van der Waals surface area contributed by atoms with Crippen LogP contribution in [-0.2, 0) is 4.43 Å². The molecule has 0 amide bonds. The van der Waals surface area contributed by atoms with Crippen LogP contribution in [0.4, 0.5) is 0 Å². The molecular formula is C16H32O2Si. The summed E-state index contributed by atoms with van der Waals surface area (Å²) in [5, 5.41) is 9.92. The van der Waals surface area contributed by atoms with Crippen molar-refractivity contribution in [2.24, 2.45) is 5.41 Å². The first-order chi connectivity index (χ1) is 8.66. The Morgan fingerprint density at radius 3 is 2.21 bits per heavy atom. The van der Waals surface area contributed by atoms with E-state index in [1.807, 2.05) is 6.08 Å². The highest BCUT2D eigenvalue weighted by atomic mass is 28.4. The Morgan fingerprint density at radius 1 is 1.32 bits per heavy atom. The minimum atomic E-state index is -1.65. The van der Waals surface area contributed by atoms with Gasteiger partial charge in [0.2, 0.25) is 0 Å². The van der Waals surface area contributed by atoms with Crippen LogP contribution in [0.5, 0.6) is 0 Å². The number of allylic oxidation sites excluding steroid dienone is 1. The highest BCUT2D eigenvalue weighted by molar-refractivity contribution is 6.74. The van der Waals surface area contributed by atoms with Crippen LogP contribution in [0.1, 0.15) is 52.9 Å². The summed E-state index contributed by atoms with van der Waals surface area (Å²) in [6.45, 7) is 15.6. The standard InChI is InChI=1S/C16H32O2Si/c1-7-10-16(13-17)11-8-14(9-12-16)18-19(5,6)15(2,3)4/h7,14,17H,1,8-13H2,2-6H3. The molecule has 0 saturated heterocycles. The molecule has 1 saturated carbocycles. The van der Waals surface area contributed by atoms with E-state index in [2.05, 4.69) is 40.4 Å². The second-order valence-corrected chi connectivity index (χ2v) is 12.5. The third-order valence-electron chi connectivity index (χ3n) is 5.17. The molecule has 0 aliphatic heterocycles. The summed E-state index contributed by atoms with van der Waals surface area (Å²) in [4.78, 5) is 0. The molecule has 0 radical (unpaired) electrons. The maximum atomic E-state index is 9.64. The summed E-state index contributed by atoms with van der Waals surface area (Å²) >= 11 is 0. The summed E-state index contributed by atoms with van der Waals surface area (Å²) < 4.78 is 6.49. The highest BCUT2D eigenvalue weighted by Crippen LogP contribution is 2.43. The largest absolute Gasteiger partial charge is 0.414 e. The fourth-order valence-electron chi connectivity index (χ4n) is 2.65. The molecule has 0 atom stereocenters. The summed E-state index contributed by atoms with van der Waals surface area (Å²) in [5.41, 5.74) is 0.0784. The van der Waals surface area contributed by atoms with E-state index in [1.165, 1.54) is 0 Å². The van der Waals surface area contributed by atoms with Crippen molar-refractivity contribution in [1.29, 1.82) is 0 Å². The number of rotatable bonds is 5. The SMILES string of the molecule is C=CCC1(CO)CCC(O[Si](C)(C)C(C)(C)C)CC1. The van der Waals surface area contributed by atoms with Crippen LogP contribution in [0.3, 0.4) is 0 Å². The van der Waals surface area contributed by atoms with Gasteiger partial charge in [-0.15, -0.1) is 6.58 Å². The molecular weight excluding hydrogens is 252 g/mol. The van der Waals surface area contributed by atoms with E-state index in [0.717, 1.165) is 32.1 Å². The first-order valence-electron chi connectivity index (χ1n) is 7.55. The molecule has 1 aliphatic carbocycles. The summed E-state index contributed by atoms with van der Waals surface area (Å²) in [6.07, 6.45) is 7.57. The topological polar surface area (TPSA) is 29.5 Å². The number of hydrogen-bond acceptors (Lipinski definition) is 2. The van der Waals surface area contributed by atoms with Crippen LogP contribution in [0, 0.1) is 5.41 Å². The fraction of sp³-hybridized carbons (Fsp3) is 0.875. The van der Waals surface area contributed by atoms with Crippen molar-refractivity contribution in [2.75, 3.05) is 6.61 Å². The number of aliphatic hydroxyl groups is 1. The first-order valence-corrected chi connectivity index (χ1v) is 10.5. The minimum absolute atomic E-state index is 0.0784. The van der Waals surface area contributed by atoms with Gasteiger partial charge in [-0.1, -0.05) is 26.8 Å². The van der Waals surface area contributed by atoms with Crippen molar-refractivity contribution in [3.05, 3.63) is 12.7 Å². The zero-order chi connectivity index (χ0) is 14.7. The van der Waals surface area contributed by atoms with E-state index in [0.29, 0.717) is 6.10 Å². The molecule has 0 spiro atoms. The lowest BCUT2D eigenvalue weighted by Crippen LogP contribution is -2.45. The molecule has 1 aliphatic rings. The molecule has 0 aromatic rings. The molecule has 1 rings (SSSR count). The highest BCUT2D eigenvalue weighted by Gasteiger charge is 2.41. The van der Waals surface area contributed by atoms with Crippen molar-refractivity contribution in [1.82, 2.24) is 0 Å². The smallest absolute Gasteiger partial charge is 0.192 e. The van der Waals surface area contributed by atoms with Crippen LogP contribution in [0.2, 0.25) is 18.1 Å². The molecule has 0 aromatic heterocycles. The van der Waals surface area contributed by atoms with E-state index in [4.69, 9.17) is 4.43 Å². The van der Waals surface area contributed by atoms with Crippen molar-refractivity contribution < 1.29 is 9.53 Å². The van der Waals surface area contributed by atoms with Crippen LogP contribution in [-0.4, -0.2) is 26.1 Å². The Kier molecular flexibility index (Phi) is 5.44. The minimum Gasteiger partial charge on any atom is -0.414 e. The molecule has 0 aromatic carbocycles. The van der Waals surface area contributed by atoms with Crippen LogP contribution < -0.4 is 0 Å². The average Bonchev–Trinajstić information content (AvgIpc) is 2.30. The van der Waals surface area contributed by atoms with Crippen LogP contribution in [0.15, 0.2) is 12.7 Å². The first kappa shape index (κ1) is 16.9. The van der Waals surface area contributed by atoms with E-state index >= 15 is 0 Å². The lowest BCUT2D eigenvalue weighted by atomic mass is 9.71. The van der Waals surface area contributed by atoms with Gasteiger partial charge in [-0.05, 0) is 55.7 Å². The lowest BCUT2D eigenvalue weighted by Gasteiger charge is -2.44. The van der Waals surface area contributed by atoms with E-state index < -0.39 is 8.32 Å². The maximum Gasteiger partial charge on any atom is 0.192 e. The van der Waals surface area contributed by atoms with Gasteiger partial charge in [0.05, 0.1) is 0 Å². The molecule has 1 N–H and O–H groups in total. The monoisotopic (exact) mass is 284 g/mol. The molecule has 112 valence electrons. The van der Waals surface area contributed by atoms with Gasteiger partial charge in [0.25, 0.3) is 0 Å². The zero-order valence-electron chi connectivity index (χ0n) is 13.5. The summed E-state index contributed by atoms with van der Waals surface area (Å²) in [5.74, 6) is 0. The molecule has 1 fully saturated rings. The zero-order valence-corrected chi connectivity index (χ0v) is 14.5. The van der Waals surface area contributed by atoms with Gasteiger partial charge in [0.1, 0.15) is 0 Å². The third-order valence-corrected chi connectivity index (χ3v) is 9.71. The predicted octanol–water partition coefficient (Wildman–Crippen LogP) is 4.51. The number of hydrogen-bond donors (Lipinski definition) is 1. The van der Waals surface area contributed by atoms with E-state index in [9.17, 15) is 5.11 Å². The number of aliphatic hydroxyl groups excluding tert-OH is 1. The molecule has 2 nitrogen and oxygen atoms in total. The Balaban J connectivity index is 2.57. The van der Waals surface area contributed by atoms with Crippen molar-refractivity contribution >= 4 is 8.32 Å². The maximum absolute atomic E-state index is 9.64. The van der Waals surface area contributed by atoms with Gasteiger partial charge in [0.15, 0.2) is 8.32 Å². The summed E-state index contributed by atoms with van der Waals surface area (Å²) in [6, 6.07) is 0.